The molecule has 1 atom stereocenters. The van der Waals surface area contributed by atoms with Gasteiger partial charge in [0.1, 0.15) is 0 Å². The van der Waals surface area contributed by atoms with Crippen molar-refractivity contribution in [3.05, 3.63) is 64.7 Å². The minimum absolute atomic E-state index is 0.177. The van der Waals surface area contributed by atoms with E-state index < -0.39 is 15.1 Å². The van der Waals surface area contributed by atoms with Crippen LogP contribution in [-0.2, 0) is 9.84 Å². The van der Waals surface area contributed by atoms with E-state index in [0.29, 0.717) is 5.56 Å². The second-order valence-electron chi connectivity index (χ2n) is 5.18. The van der Waals surface area contributed by atoms with Crippen molar-refractivity contribution in [2.45, 2.75) is 30.9 Å². The van der Waals surface area contributed by atoms with Gasteiger partial charge in [-0.1, -0.05) is 35.9 Å². The third-order valence-corrected chi connectivity index (χ3v) is 5.39. The van der Waals surface area contributed by atoms with Crippen molar-refractivity contribution in [2.75, 3.05) is 0 Å². The Labute approximate surface area is 125 Å². The Bertz CT molecular complexity index is 779. The number of hydrogen-bond acceptors (Lipinski definition) is 3. The zero-order chi connectivity index (χ0) is 15.6. The van der Waals surface area contributed by atoms with Gasteiger partial charge in [-0.2, -0.15) is 5.26 Å². The van der Waals surface area contributed by atoms with Crippen LogP contribution < -0.4 is 0 Å². The number of nitrogens with zero attached hydrogens (tertiary/aromatic N) is 1. The maximum Gasteiger partial charge on any atom is 0.198 e. The van der Waals surface area contributed by atoms with E-state index >= 15 is 0 Å². The summed E-state index contributed by atoms with van der Waals surface area (Å²) in [6, 6.07) is 13.9. The lowest BCUT2D eigenvalue weighted by molar-refractivity contribution is 0.590. The van der Waals surface area contributed by atoms with E-state index in [-0.39, 0.29) is 4.90 Å². The van der Waals surface area contributed by atoms with Gasteiger partial charge in [-0.25, -0.2) is 8.42 Å². The first-order valence-electron chi connectivity index (χ1n) is 6.64. The van der Waals surface area contributed by atoms with Gasteiger partial charge in [0.25, 0.3) is 0 Å². The molecule has 21 heavy (non-hydrogen) atoms. The summed E-state index contributed by atoms with van der Waals surface area (Å²) in [4.78, 5) is 0.177. The molecule has 0 bridgehead atoms. The Hall–Kier alpha value is -2.12. The number of rotatable bonds is 3. The van der Waals surface area contributed by atoms with Crippen LogP contribution in [0.3, 0.4) is 0 Å². The fourth-order valence-corrected chi connectivity index (χ4v) is 4.27. The van der Waals surface area contributed by atoms with Gasteiger partial charge in [0.2, 0.25) is 0 Å². The van der Waals surface area contributed by atoms with E-state index in [0.717, 1.165) is 16.7 Å². The molecule has 0 saturated heterocycles. The number of nitriles is 1. The third-order valence-electron chi connectivity index (χ3n) is 3.50. The lowest BCUT2D eigenvalue weighted by Gasteiger charge is -2.17. The standard InChI is InChI=1S/C17H17NO2S/c1-12-9-13(2)17(14(3)10-12)16(11-18)21(19,20)15-7-5-4-6-8-15/h4-10,16H,1-3H3. The summed E-state index contributed by atoms with van der Waals surface area (Å²) < 4.78 is 25.5. The van der Waals surface area contributed by atoms with Gasteiger partial charge in [0.05, 0.1) is 11.0 Å². The zero-order valence-electron chi connectivity index (χ0n) is 12.3. The molecule has 0 N–H and O–H groups in total. The summed E-state index contributed by atoms with van der Waals surface area (Å²) in [6.07, 6.45) is 0. The molecule has 3 nitrogen and oxygen atoms in total. The van der Waals surface area contributed by atoms with Gasteiger partial charge in [-0.15, -0.1) is 0 Å². The molecule has 0 radical (unpaired) electrons. The first-order valence-corrected chi connectivity index (χ1v) is 8.19. The predicted molar refractivity (Wildman–Crippen MR) is 82.6 cm³/mol. The maximum atomic E-state index is 12.7. The molecule has 0 aliphatic heterocycles. The summed E-state index contributed by atoms with van der Waals surface area (Å²) in [5.41, 5.74) is 3.31. The van der Waals surface area contributed by atoms with Gasteiger partial charge >= 0.3 is 0 Å². The Balaban J connectivity index is 2.65. The van der Waals surface area contributed by atoms with Crippen LogP contribution >= 0.6 is 0 Å². The fourth-order valence-electron chi connectivity index (χ4n) is 2.64. The fraction of sp³-hybridized carbons (Fsp3) is 0.235. The largest absolute Gasteiger partial charge is 0.222 e. The van der Waals surface area contributed by atoms with Crippen molar-refractivity contribution in [1.82, 2.24) is 0 Å². The quantitative estimate of drug-likeness (QED) is 0.869. The lowest BCUT2D eigenvalue weighted by atomic mass is 9.97. The highest BCUT2D eigenvalue weighted by molar-refractivity contribution is 7.92. The molecule has 0 aliphatic carbocycles. The molecule has 2 rings (SSSR count). The van der Waals surface area contributed by atoms with Crippen LogP contribution in [0.5, 0.6) is 0 Å². The van der Waals surface area contributed by atoms with Crippen LogP contribution in [0.4, 0.5) is 0 Å². The lowest BCUT2D eigenvalue weighted by Crippen LogP contribution is -2.15. The van der Waals surface area contributed by atoms with Crippen LogP contribution in [0.2, 0.25) is 0 Å². The van der Waals surface area contributed by atoms with Gasteiger partial charge in [0.15, 0.2) is 15.1 Å². The third kappa shape index (κ3) is 2.84. The summed E-state index contributed by atoms with van der Waals surface area (Å²) in [7, 11) is -3.72. The molecule has 0 fully saturated rings. The Morgan fingerprint density at radius 2 is 1.52 bits per heavy atom. The highest BCUT2D eigenvalue weighted by Crippen LogP contribution is 2.33. The molecule has 4 heteroatoms. The molecular weight excluding hydrogens is 282 g/mol. The van der Waals surface area contributed by atoms with Gasteiger partial charge < -0.3 is 0 Å². The summed E-state index contributed by atoms with van der Waals surface area (Å²) in [6.45, 7) is 5.65. The average Bonchev–Trinajstić information content (AvgIpc) is 2.43. The SMILES string of the molecule is Cc1cc(C)c(C(C#N)S(=O)(=O)c2ccccc2)c(C)c1. The Morgan fingerprint density at radius 1 is 1.00 bits per heavy atom. The van der Waals surface area contributed by atoms with Crippen molar-refractivity contribution >= 4 is 9.84 Å². The van der Waals surface area contributed by atoms with Crippen molar-refractivity contribution in [2.24, 2.45) is 0 Å². The zero-order valence-corrected chi connectivity index (χ0v) is 13.1. The van der Waals surface area contributed by atoms with Crippen molar-refractivity contribution in [3.63, 3.8) is 0 Å². The Morgan fingerprint density at radius 3 is 2.00 bits per heavy atom. The first-order chi connectivity index (χ1) is 9.87. The van der Waals surface area contributed by atoms with Gasteiger partial charge in [-0.05, 0) is 49.6 Å². The van der Waals surface area contributed by atoms with Crippen molar-refractivity contribution < 1.29 is 8.42 Å². The molecular formula is C17H17NO2S. The smallest absolute Gasteiger partial charge is 0.198 e. The normalized spacial score (nSPS) is 12.7. The van der Waals surface area contributed by atoms with Gasteiger partial charge in [-0.3, -0.25) is 0 Å². The van der Waals surface area contributed by atoms with Gasteiger partial charge in [0, 0.05) is 0 Å². The van der Waals surface area contributed by atoms with E-state index in [1.54, 1.807) is 18.2 Å². The van der Waals surface area contributed by atoms with Crippen LogP contribution in [-0.4, -0.2) is 8.42 Å². The molecule has 0 saturated carbocycles. The monoisotopic (exact) mass is 299 g/mol. The second-order valence-corrected chi connectivity index (χ2v) is 7.21. The summed E-state index contributed by atoms with van der Waals surface area (Å²) in [5.74, 6) is 0. The molecule has 1 unspecified atom stereocenters. The number of sulfone groups is 1. The molecule has 2 aromatic rings. The highest BCUT2D eigenvalue weighted by atomic mass is 32.2. The molecule has 0 amide bonds. The summed E-state index contributed by atoms with van der Waals surface area (Å²) >= 11 is 0. The molecule has 108 valence electrons. The Kier molecular flexibility index (Phi) is 4.15. The second kappa shape index (κ2) is 5.71. The number of benzene rings is 2. The van der Waals surface area contributed by atoms with E-state index in [1.807, 2.05) is 39.0 Å². The number of aryl methyl sites for hydroxylation is 3. The topological polar surface area (TPSA) is 57.9 Å². The van der Waals surface area contributed by atoms with Crippen molar-refractivity contribution in [3.8, 4) is 6.07 Å². The molecule has 0 aliphatic rings. The highest BCUT2D eigenvalue weighted by Gasteiger charge is 2.31. The van der Waals surface area contributed by atoms with E-state index in [1.165, 1.54) is 12.1 Å². The minimum atomic E-state index is -3.72. The summed E-state index contributed by atoms with van der Waals surface area (Å²) in [5, 5.41) is 8.29. The van der Waals surface area contributed by atoms with E-state index in [4.69, 9.17) is 0 Å². The minimum Gasteiger partial charge on any atom is -0.222 e. The predicted octanol–water partition coefficient (Wildman–Crippen LogP) is 3.65. The molecule has 2 aromatic carbocycles. The maximum absolute atomic E-state index is 12.7. The molecule has 0 aromatic heterocycles. The first kappa shape index (κ1) is 15.3. The van der Waals surface area contributed by atoms with Crippen LogP contribution in [0.1, 0.15) is 27.5 Å². The molecule has 0 spiro atoms. The van der Waals surface area contributed by atoms with Crippen molar-refractivity contribution in [1.29, 1.82) is 5.26 Å². The number of hydrogen-bond donors (Lipinski definition) is 0. The average molecular weight is 299 g/mol. The van der Waals surface area contributed by atoms with Crippen LogP contribution in [0, 0.1) is 32.1 Å². The van der Waals surface area contributed by atoms with E-state index in [2.05, 4.69) is 0 Å². The van der Waals surface area contributed by atoms with Crippen LogP contribution in [0.25, 0.3) is 0 Å². The van der Waals surface area contributed by atoms with E-state index in [9.17, 15) is 13.7 Å². The molecule has 0 heterocycles. The van der Waals surface area contributed by atoms with Crippen LogP contribution in [0.15, 0.2) is 47.4 Å².